The predicted octanol–water partition coefficient (Wildman–Crippen LogP) is 2.29. The Morgan fingerprint density at radius 2 is 2.31 bits per heavy atom. The molecule has 2 nitrogen and oxygen atoms in total. The maximum atomic E-state index is 5.84. The van der Waals surface area contributed by atoms with Crippen LogP contribution in [0, 0.1) is 5.92 Å². The molecule has 0 aromatic rings. The van der Waals surface area contributed by atoms with Gasteiger partial charge in [-0.1, -0.05) is 19.8 Å². The highest BCUT2D eigenvalue weighted by Gasteiger charge is 2.36. The second-order valence-electron chi connectivity index (χ2n) is 4.47. The number of hydrogen-bond acceptors (Lipinski definition) is 2. The predicted molar refractivity (Wildman–Crippen MR) is 53.6 cm³/mol. The summed E-state index contributed by atoms with van der Waals surface area (Å²) in [5.41, 5.74) is 0.0872. The molecule has 1 N–H and O–H groups in total. The summed E-state index contributed by atoms with van der Waals surface area (Å²) in [4.78, 5) is 0. The maximum absolute atomic E-state index is 5.84. The van der Waals surface area contributed by atoms with E-state index in [0.717, 1.165) is 19.1 Å². The van der Waals surface area contributed by atoms with Crippen molar-refractivity contribution >= 4 is 0 Å². The summed E-state index contributed by atoms with van der Waals surface area (Å²) in [6, 6.07) is 0. The third kappa shape index (κ3) is 2.05. The molecule has 1 aliphatic carbocycles. The maximum Gasteiger partial charge on any atom is 0.119 e. The lowest BCUT2D eigenvalue weighted by Gasteiger charge is -2.26. The molecule has 2 atom stereocenters. The van der Waals surface area contributed by atoms with Gasteiger partial charge in [0.05, 0.1) is 6.61 Å². The fourth-order valence-corrected chi connectivity index (χ4v) is 2.69. The summed E-state index contributed by atoms with van der Waals surface area (Å²) in [5, 5.41) is 3.53. The molecule has 0 aromatic carbocycles. The second-order valence-corrected chi connectivity index (χ2v) is 4.47. The summed E-state index contributed by atoms with van der Waals surface area (Å²) in [6.07, 6.45) is 7.89. The Balaban J connectivity index is 1.93. The average Bonchev–Trinajstić information content (AvgIpc) is 2.49. The Labute approximate surface area is 81.0 Å². The molecular formula is C11H21NO. The van der Waals surface area contributed by atoms with Gasteiger partial charge in [0.15, 0.2) is 0 Å². The third-order valence-electron chi connectivity index (χ3n) is 3.65. The van der Waals surface area contributed by atoms with Crippen molar-refractivity contribution in [1.82, 2.24) is 5.32 Å². The van der Waals surface area contributed by atoms with E-state index in [0.29, 0.717) is 0 Å². The Hall–Kier alpha value is -0.0800. The van der Waals surface area contributed by atoms with E-state index < -0.39 is 0 Å². The Morgan fingerprint density at radius 3 is 3.00 bits per heavy atom. The van der Waals surface area contributed by atoms with Crippen LogP contribution in [-0.2, 0) is 4.74 Å². The molecule has 1 spiro atoms. The van der Waals surface area contributed by atoms with Crippen LogP contribution in [0.25, 0.3) is 0 Å². The van der Waals surface area contributed by atoms with Gasteiger partial charge in [0.25, 0.3) is 0 Å². The number of rotatable bonds is 1. The van der Waals surface area contributed by atoms with E-state index in [4.69, 9.17) is 4.74 Å². The largest absolute Gasteiger partial charge is 0.359 e. The molecule has 76 valence electrons. The molecule has 2 heteroatoms. The van der Waals surface area contributed by atoms with Crippen LogP contribution >= 0.6 is 0 Å². The van der Waals surface area contributed by atoms with Gasteiger partial charge in [0.2, 0.25) is 0 Å². The first-order valence-corrected chi connectivity index (χ1v) is 5.74. The van der Waals surface area contributed by atoms with Gasteiger partial charge in [-0.15, -0.1) is 0 Å². The van der Waals surface area contributed by atoms with Crippen molar-refractivity contribution < 1.29 is 4.74 Å². The zero-order valence-corrected chi connectivity index (χ0v) is 8.64. The van der Waals surface area contributed by atoms with Crippen molar-refractivity contribution in [2.75, 3.05) is 13.2 Å². The monoisotopic (exact) mass is 183 g/mol. The highest BCUT2D eigenvalue weighted by Crippen LogP contribution is 2.34. The molecule has 2 fully saturated rings. The standard InChI is InChI=1S/C11H21NO/c1-2-10-4-3-6-11(7-5-10)12-8-9-13-11/h10,12H,2-9H2,1H3. The van der Waals surface area contributed by atoms with E-state index in [2.05, 4.69) is 12.2 Å². The van der Waals surface area contributed by atoms with Crippen LogP contribution in [0.3, 0.4) is 0 Å². The molecular weight excluding hydrogens is 162 g/mol. The van der Waals surface area contributed by atoms with E-state index in [1.54, 1.807) is 0 Å². The van der Waals surface area contributed by atoms with Gasteiger partial charge in [-0.25, -0.2) is 0 Å². The van der Waals surface area contributed by atoms with Crippen LogP contribution < -0.4 is 5.32 Å². The molecule has 0 aromatic heterocycles. The average molecular weight is 183 g/mol. The zero-order valence-electron chi connectivity index (χ0n) is 8.64. The van der Waals surface area contributed by atoms with Crippen LogP contribution in [-0.4, -0.2) is 18.9 Å². The third-order valence-corrected chi connectivity index (χ3v) is 3.65. The minimum atomic E-state index is 0.0872. The Bertz CT molecular complexity index is 163. The minimum absolute atomic E-state index is 0.0872. The lowest BCUT2D eigenvalue weighted by Crippen LogP contribution is -2.40. The summed E-state index contributed by atoms with van der Waals surface area (Å²) in [6.45, 7) is 4.28. The van der Waals surface area contributed by atoms with E-state index in [9.17, 15) is 0 Å². The molecule has 2 rings (SSSR count). The smallest absolute Gasteiger partial charge is 0.119 e. The second kappa shape index (κ2) is 3.97. The highest BCUT2D eigenvalue weighted by atomic mass is 16.5. The van der Waals surface area contributed by atoms with E-state index in [1.165, 1.54) is 38.5 Å². The van der Waals surface area contributed by atoms with Crippen LogP contribution in [0.1, 0.15) is 45.4 Å². The van der Waals surface area contributed by atoms with Gasteiger partial charge in [0, 0.05) is 6.54 Å². The van der Waals surface area contributed by atoms with Crippen molar-refractivity contribution in [2.45, 2.75) is 51.2 Å². The summed E-state index contributed by atoms with van der Waals surface area (Å²) in [5.74, 6) is 0.949. The van der Waals surface area contributed by atoms with Crippen LogP contribution in [0.4, 0.5) is 0 Å². The highest BCUT2D eigenvalue weighted by molar-refractivity contribution is 4.86. The lowest BCUT2D eigenvalue weighted by molar-refractivity contribution is -0.0228. The molecule has 1 aliphatic heterocycles. The zero-order chi connectivity index (χ0) is 9.15. The Morgan fingerprint density at radius 1 is 1.38 bits per heavy atom. The quantitative estimate of drug-likeness (QED) is 0.673. The van der Waals surface area contributed by atoms with Crippen molar-refractivity contribution in [2.24, 2.45) is 5.92 Å². The minimum Gasteiger partial charge on any atom is -0.359 e. The van der Waals surface area contributed by atoms with Crippen molar-refractivity contribution in [1.29, 1.82) is 0 Å². The molecule has 2 unspecified atom stereocenters. The van der Waals surface area contributed by atoms with Crippen LogP contribution in [0.15, 0.2) is 0 Å². The number of nitrogens with one attached hydrogen (secondary N) is 1. The molecule has 1 saturated carbocycles. The molecule has 0 amide bonds. The SMILES string of the molecule is CCC1CCCC2(CC1)NCCO2. The molecule has 2 aliphatic rings. The van der Waals surface area contributed by atoms with Crippen molar-refractivity contribution in [3.05, 3.63) is 0 Å². The van der Waals surface area contributed by atoms with Gasteiger partial charge in [0.1, 0.15) is 5.72 Å². The van der Waals surface area contributed by atoms with Crippen LogP contribution in [0.5, 0.6) is 0 Å². The summed E-state index contributed by atoms with van der Waals surface area (Å²) >= 11 is 0. The first kappa shape index (κ1) is 9.47. The first-order valence-electron chi connectivity index (χ1n) is 5.74. The van der Waals surface area contributed by atoms with Gasteiger partial charge in [-0.05, 0) is 31.6 Å². The normalized spacial score (nSPS) is 40.8. The van der Waals surface area contributed by atoms with E-state index in [-0.39, 0.29) is 5.72 Å². The number of hydrogen-bond donors (Lipinski definition) is 1. The molecule has 0 bridgehead atoms. The van der Waals surface area contributed by atoms with E-state index in [1.807, 2.05) is 0 Å². The molecule has 1 heterocycles. The van der Waals surface area contributed by atoms with Gasteiger partial charge in [-0.2, -0.15) is 0 Å². The van der Waals surface area contributed by atoms with Crippen molar-refractivity contribution in [3.8, 4) is 0 Å². The summed E-state index contributed by atoms with van der Waals surface area (Å²) in [7, 11) is 0. The van der Waals surface area contributed by atoms with Crippen molar-refractivity contribution in [3.63, 3.8) is 0 Å². The lowest BCUT2D eigenvalue weighted by atomic mass is 9.97. The summed E-state index contributed by atoms with van der Waals surface area (Å²) < 4.78 is 5.84. The first-order chi connectivity index (χ1) is 6.35. The molecule has 1 saturated heterocycles. The van der Waals surface area contributed by atoms with Gasteiger partial charge < -0.3 is 4.74 Å². The molecule has 0 radical (unpaired) electrons. The topological polar surface area (TPSA) is 21.3 Å². The number of ether oxygens (including phenoxy) is 1. The Kier molecular flexibility index (Phi) is 2.89. The molecule has 13 heavy (non-hydrogen) atoms. The van der Waals surface area contributed by atoms with Crippen LogP contribution in [0.2, 0.25) is 0 Å². The van der Waals surface area contributed by atoms with Gasteiger partial charge >= 0.3 is 0 Å². The fourth-order valence-electron chi connectivity index (χ4n) is 2.69. The van der Waals surface area contributed by atoms with Gasteiger partial charge in [-0.3, -0.25) is 5.32 Å². The fraction of sp³-hybridized carbons (Fsp3) is 1.00. The van der Waals surface area contributed by atoms with E-state index >= 15 is 0 Å².